The van der Waals surface area contributed by atoms with Gasteiger partial charge in [0.15, 0.2) is 0 Å². The van der Waals surface area contributed by atoms with Gasteiger partial charge >= 0.3 is 6.09 Å². The monoisotopic (exact) mass is 406 g/mol. The van der Waals surface area contributed by atoms with Crippen molar-refractivity contribution in [2.75, 3.05) is 19.5 Å². The van der Waals surface area contributed by atoms with Gasteiger partial charge in [-0.15, -0.1) is 11.6 Å². The number of primary amides is 1. The van der Waals surface area contributed by atoms with Gasteiger partial charge in [-0.25, -0.2) is 4.79 Å². The first kappa shape index (κ1) is 25.0. The normalized spacial score (nSPS) is 12.3. The lowest BCUT2D eigenvalue weighted by molar-refractivity contribution is -0.142. The molecule has 0 aliphatic rings. The summed E-state index contributed by atoms with van der Waals surface area (Å²) in [7, 11) is 1.46. The van der Waals surface area contributed by atoms with Gasteiger partial charge in [-0.05, 0) is 33.1 Å². The third-order valence-electron chi connectivity index (χ3n) is 3.39. The van der Waals surface area contributed by atoms with E-state index in [-0.39, 0.29) is 24.8 Å². The number of halogens is 1. The maximum atomic E-state index is 12.8. The highest BCUT2D eigenvalue weighted by Crippen LogP contribution is 2.15. The summed E-state index contributed by atoms with van der Waals surface area (Å²) < 4.78 is 5.31. The third kappa shape index (κ3) is 10.0. The fourth-order valence-electron chi connectivity index (χ4n) is 2.09. The van der Waals surface area contributed by atoms with Crippen molar-refractivity contribution in [1.82, 2.24) is 15.3 Å². The number of nitrogens with one attached hydrogen (secondary N) is 1. The molecule has 156 valence electrons. The van der Waals surface area contributed by atoms with E-state index in [9.17, 15) is 19.2 Å². The number of alkyl halides is 1. The van der Waals surface area contributed by atoms with Gasteiger partial charge in [-0.1, -0.05) is 13.8 Å². The third-order valence-corrected chi connectivity index (χ3v) is 3.62. The topological polar surface area (TPSA) is 122 Å². The van der Waals surface area contributed by atoms with Gasteiger partial charge in [0, 0.05) is 13.5 Å². The maximum absolute atomic E-state index is 12.8. The lowest BCUT2D eigenvalue weighted by atomic mass is 10.0. The molecule has 0 bridgehead atoms. The molecule has 0 heterocycles. The molecule has 0 aliphatic carbocycles. The molecule has 3 N–H and O–H groups in total. The van der Waals surface area contributed by atoms with Crippen LogP contribution in [0.5, 0.6) is 0 Å². The summed E-state index contributed by atoms with van der Waals surface area (Å²) in [5.74, 6) is -2.08. The Morgan fingerprint density at radius 1 is 1.19 bits per heavy atom. The Labute approximate surface area is 165 Å². The summed E-state index contributed by atoms with van der Waals surface area (Å²) in [6, 6.07) is -0.876. The molecule has 0 saturated carbocycles. The van der Waals surface area contributed by atoms with Gasteiger partial charge < -0.3 is 10.5 Å². The molecule has 10 heteroatoms. The van der Waals surface area contributed by atoms with E-state index in [1.165, 1.54) is 11.9 Å². The number of likely N-dealkylation sites (N-methyl/N-ethyl adjacent to an activating group) is 1. The predicted octanol–water partition coefficient (Wildman–Crippen LogP) is 1.24. The van der Waals surface area contributed by atoms with Gasteiger partial charge in [0.25, 0.3) is 11.8 Å². The van der Waals surface area contributed by atoms with Crippen molar-refractivity contribution in [2.45, 2.75) is 59.1 Å². The van der Waals surface area contributed by atoms with Gasteiger partial charge in [0.05, 0.1) is 6.54 Å². The summed E-state index contributed by atoms with van der Waals surface area (Å²) in [6.07, 6.45) is -0.449. The number of hydrogen-bond donors (Lipinski definition) is 2. The number of amides is 4. The van der Waals surface area contributed by atoms with E-state index in [1.807, 2.05) is 13.8 Å². The van der Waals surface area contributed by atoms with Gasteiger partial charge in [-0.2, -0.15) is 0 Å². The summed E-state index contributed by atoms with van der Waals surface area (Å²) in [5, 5.41) is 0.941. The molecule has 0 fully saturated rings. The fraction of sp³-hybridized carbons (Fsp3) is 0.765. The molecule has 0 aromatic rings. The van der Waals surface area contributed by atoms with E-state index in [0.29, 0.717) is 6.42 Å². The first-order valence-corrected chi connectivity index (χ1v) is 9.22. The van der Waals surface area contributed by atoms with Crippen LogP contribution in [-0.4, -0.2) is 64.8 Å². The second-order valence-corrected chi connectivity index (χ2v) is 7.88. The van der Waals surface area contributed by atoms with E-state index >= 15 is 0 Å². The van der Waals surface area contributed by atoms with E-state index < -0.39 is 35.5 Å². The molecular formula is C17H31ClN4O5. The molecule has 27 heavy (non-hydrogen) atoms. The molecular weight excluding hydrogens is 376 g/mol. The SMILES string of the molecule is CC(C)C[C@@H](C(=O)NN(CCC(N)=O)C(=O)CCl)N(C)C(=O)OC(C)(C)C. The van der Waals surface area contributed by atoms with Crippen molar-refractivity contribution >= 4 is 35.4 Å². The van der Waals surface area contributed by atoms with E-state index in [2.05, 4.69) is 5.43 Å². The van der Waals surface area contributed by atoms with Gasteiger partial charge in [0.2, 0.25) is 5.91 Å². The molecule has 0 radical (unpaired) electrons. The quantitative estimate of drug-likeness (QED) is 0.464. The predicted molar refractivity (Wildman–Crippen MR) is 102 cm³/mol. The number of carbonyl (C=O) groups excluding carboxylic acids is 4. The standard InChI is InChI=1S/C17H31ClN4O5/c1-11(2)9-12(21(6)16(26)27-17(3,4)5)15(25)20-22(14(24)10-18)8-7-13(19)23/h11-12H,7-10H2,1-6H3,(H2,19,23)(H,20,25)/t12-/m0/s1. The molecule has 0 aromatic carbocycles. The first-order chi connectivity index (χ1) is 12.3. The van der Waals surface area contributed by atoms with Crippen molar-refractivity contribution in [3.05, 3.63) is 0 Å². The molecule has 0 saturated heterocycles. The molecule has 4 amide bonds. The number of nitrogens with two attached hydrogens (primary N) is 1. The highest BCUT2D eigenvalue weighted by molar-refractivity contribution is 6.27. The zero-order valence-electron chi connectivity index (χ0n) is 16.9. The Morgan fingerprint density at radius 3 is 2.15 bits per heavy atom. The Kier molecular flexibility index (Phi) is 10.1. The van der Waals surface area contributed by atoms with Gasteiger partial charge in [0.1, 0.15) is 17.5 Å². The molecule has 0 unspecified atom stereocenters. The number of ether oxygens (including phenoxy) is 1. The number of carbonyl (C=O) groups is 4. The van der Waals surface area contributed by atoms with Crippen LogP contribution in [-0.2, 0) is 19.1 Å². The Bertz CT molecular complexity index is 548. The van der Waals surface area contributed by atoms with Crippen LogP contribution in [0, 0.1) is 5.92 Å². The number of hydrogen-bond acceptors (Lipinski definition) is 5. The van der Waals surface area contributed by atoms with Crippen LogP contribution in [0.2, 0.25) is 0 Å². The van der Waals surface area contributed by atoms with E-state index in [0.717, 1.165) is 5.01 Å². The Balaban J connectivity index is 5.34. The van der Waals surface area contributed by atoms with Crippen molar-refractivity contribution < 1.29 is 23.9 Å². The maximum Gasteiger partial charge on any atom is 0.410 e. The van der Waals surface area contributed by atoms with Crippen LogP contribution in [0.3, 0.4) is 0 Å². The second-order valence-electron chi connectivity index (χ2n) is 7.61. The summed E-state index contributed by atoms with van der Waals surface area (Å²) in [6.45, 7) is 8.86. The van der Waals surface area contributed by atoms with Crippen molar-refractivity contribution in [2.24, 2.45) is 11.7 Å². The number of hydrazine groups is 1. The van der Waals surface area contributed by atoms with E-state index in [4.69, 9.17) is 22.1 Å². The molecule has 0 rings (SSSR count). The highest BCUT2D eigenvalue weighted by Gasteiger charge is 2.32. The van der Waals surface area contributed by atoms with Crippen LogP contribution in [0.4, 0.5) is 4.79 Å². The zero-order valence-corrected chi connectivity index (χ0v) is 17.6. The average molecular weight is 407 g/mol. The molecule has 0 aromatic heterocycles. The van der Waals surface area contributed by atoms with Crippen LogP contribution in [0.25, 0.3) is 0 Å². The Morgan fingerprint density at radius 2 is 1.74 bits per heavy atom. The minimum atomic E-state index is -0.876. The van der Waals surface area contributed by atoms with Crippen molar-refractivity contribution in [1.29, 1.82) is 0 Å². The minimum Gasteiger partial charge on any atom is -0.444 e. The smallest absolute Gasteiger partial charge is 0.410 e. The average Bonchev–Trinajstić information content (AvgIpc) is 2.52. The number of rotatable bonds is 8. The zero-order chi connectivity index (χ0) is 21.4. The first-order valence-electron chi connectivity index (χ1n) is 8.69. The van der Waals surface area contributed by atoms with Gasteiger partial charge in [-0.3, -0.25) is 29.7 Å². The summed E-state index contributed by atoms with van der Waals surface area (Å²) in [5.41, 5.74) is 6.81. The fourth-order valence-corrected chi connectivity index (χ4v) is 2.24. The molecule has 1 atom stereocenters. The highest BCUT2D eigenvalue weighted by atomic mass is 35.5. The van der Waals surface area contributed by atoms with Crippen LogP contribution in [0.1, 0.15) is 47.5 Å². The van der Waals surface area contributed by atoms with Crippen LogP contribution in [0.15, 0.2) is 0 Å². The lowest BCUT2D eigenvalue weighted by Gasteiger charge is -2.32. The molecule has 9 nitrogen and oxygen atoms in total. The minimum absolute atomic E-state index is 0.0911. The van der Waals surface area contributed by atoms with E-state index in [1.54, 1.807) is 20.8 Å². The van der Waals surface area contributed by atoms with Crippen molar-refractivity contribution in [3.63, 3.8) is 0 Å². The summed E-state index contributed by atoms with van der Waals surface area (Å²) in [4.78, 5) is 49.2. The Hall–Kier alpha value is -2.03. The molecule has 0 spiro atoms. The number of nitrogens with zero attached hydrogens (tertiary/aromatic N) is 2. The largest absolute Gasteiger partial charge is 0.444 e. The lowest BCUT2D eigenvalue weighted by Crippen LogP contribution is -2.56. The molecule has 0 aliphatic heterocycles. The summed E-state index contributed by atoms with van der Waals surface area (Å²) >= 11 is 5.55. The van der Waals surface area contributed by atoms with Crippen molar-refractivity contribution in [3.8, 4) is 0 Å². The van der Waals surface area contributed by atoms with Crippen LogP contribution < -0.4 is 11.2 Å². The second kappa shape index (κ2) is 11.0. The van der Waals surface area contributed by atoms with Crippen LogP contribution >= 0.6 is 11.6 Å².